The molecular formula is C14H22O9. The quantitative estimate of drug-likeness (QED) is 0.339. The zero-order valence-electron chi connectivity index (χ0n) is 13.6. The van der Waals surface area contributed by atoms with Crippen LogP contribution in [-0.2, 0) is 42.8 Å². The van der Waals surface area contributed by atoms with Gasteiger partial charge in [0.1, 0.15) is 18.8 Å². The lowest BCUT2D eigenvalue weighted by Crippen LogP contribution is -2.41. The molecule has 4 atom stereocenters. The molecule has 1 unspecified atom stereocenters. The highest BCUT2D eigenvalue weighted by Gasteiger charge is 2.50. The zero-order chi connectivity index (χ0) is 17.4. The first-order valence-electron chi connectivity index (χ1n) is 7.09. The van der Waals surface area contributed by atoms with Gasteiger partial charge in [0.2, 0.25) is 6.29 Å². The van der Waals surface area contributed by atoms with Crippen LogP contribution < -0.4 is 0 Å². The van der Waals surface area contributed by atoms with Gasteiger partial charge in [0.25, 0.3) is 0 Å². The van der Waals surface area contributed by atoms with Gasteiger partial charge in [0, 0.05) is 27.9 Å². The minimum Gasteiger partial charge on any atom is -0.463 e. The van der Waals surface area contributed by atoms with E-state index in [2.05, 4.69) is 0 Å². The van der Waals surface area contributed by atoms with E-state index < -0.39 is 42.5 Å². The van der Waals surface area contributed by atoms with Crippen molar-refractivity contribution in [3.8, 4) is 0 Å². The van der Waals surface area contributed by atoms with E-state index in [1.165, 1.54) is 27.9 Å². The second-order valence-electron chi connectivity index (χ2n) is 4.86. The first kappa shape index (κ1) is 19.3. The third-order valence-electron chi connectivity index (χ3n) is 2.90. The first-order chi connectivity index (χ1) is 10.8. The van der Waals surface area contributed by atoms with E-state index in [1.807, 2.05) is 0 Å². The van der Waals surface area contributed by atoms with Gasteiger partial charge in [-0.1, -0.05) is 0 Å². The molecule has 0 aliphatic carbocycles. The highest BCUT2D eigenvalue weighted by atomic mass is 16.7. The topological polar surface area (TPSA) is 107 Å². The minimum absolute atomic E-state index is 0.123. The Morgan fingerprint density at radius 1 is 0.913 bits per heavy atom. The van der Waals surface area contributed by atoms with Gasteiger partial charge in [-0.2, -0.15) is 0 Å². The molecule has 0 aromatic rings. The van der Waals surface area contributed by atoms with Crippen LogP contribution in [0.2, 0.25) is 0 Å². The molecule has 1 saturated heterocycles. The highest BCUT2D eigenvalue weighted by molar-refractivity contribution is 5.67. The number of carbonyl (C=O) groups is 3. The molecule has 1 aliphatic heterocycles. The molecule has 9 nitrogen and oxygen atoms in total. The van der Waals surface area contributed by atoms with Gasteiger partial charge in [0.15, 0.2) is 6.10 Å². The summed E-state index contributed by atoms with van der Waals surface area (Å²) in [7, 11) is 1.51. The lowest BCUT2D eigenvalue weighted by Gasteiger charge is -2.23. The van der Waals surface area contributed by atoms with Gasteiger partial charge in [-0.3, -0.25) is 14.4 Å². The van der Waals surface area contributed by atoms with Crippen molar-refractivity contribution < 1.29 is 42.8 Å². The summed E-state index contributed by atoms with van der Waals surface area (Å²) in [4.78, 5) is 33.5. The molecule has 132 valence electrons. The summed E-state index contributed by atoms with van der Waals surface area (Å²) in [5.74, 6) is -1.68. The Morgan fingerprint density at radius 2 is 1.57 bits per heavy atom. The first-order valence-corrected chi connectivity index (χ1v) is 7.09. The van der Waals surface area contributed by atoms with Crippen molar-refractivity contribution in [2.45, 2.75) is 45.4 Å². The van der Waals surface area contributed by atoms with Crippen LogP contribution in [0.5, 0.6) is 0 Å². The fourth-order valence-electron chi connectivity index (χ4n) is 2.07. The van der Waals surface area contributed by atoms with E-state index in [4.69, 9.17) is 28.4 Å². The van der Waals surface area contributed by atoms with Crippen molar-refractivity contribution in [1.29, 1.82) is 0 Å². The van der Waals surface area contributed by atoms with Crippen LogP contribution >= 0.6 is 0 Å². The van der Waals surface area contributed by atoms with Crippen LogP contribution in [0.15, 0.2) is 0 Å². The molecule has 9 heteroatoms. The fraction of sp³-hybridized carbons (Fsp3) is 0.786. The standard InChI is InChI=1S/C14H22O9/c1-8(15)20-7-11-12(19-6-5-18-4)13(21-9(2)16)14(23-11)22-10(3)17/h11-14H,5-7H2,1-4H3/t11-,12+,13-,14?/m1/s1. The van der Waals surface area contributed by atoms with Crippen molar-refractivity contribution in [2.75, 3.05) is 26.9 Å². The van der Waals surface area contributed by atoms with Crippen molar-refractivity contribution >= 4 is 17.9 Å². The van der Waals surface area contributed by atoms with Crippen molar-refractivity contribution in [2.24, 2.45) is 0 Å². The van der Waals surface area contributed by atoms with E-state index in [0.29, 0.717) is 6.61 Å². The third kappa shape index (κ3) is 6.51. The molecule has 0 bridgehead atoms. The molecule has 0 aromatic carbocycles. The summed E-state index contributed by atoms with van der Waals surface area (Å²) in [6, 6.07) is 0. The molecule has 0 N–H and O–H groups in total. The minimum atomic E-state index is -1.13. The molecule has 23 heavy (non-hydrogen) atoms. The summed E-state index contributed by atoms with van der Waals surface area (Å²) in [5, 5.41) is 0. The molecule has 1 aliphatic rings. The van der Waals surface area contributed by atoms with E-state index in [9.17, 15) is 14.4 Å². The second-order valence-corrected chi connectivity index (χ2v) is 4.86. The van der Waals surface area contributed by atoms with Crippen molar-refractivity contribution in [3.63, 3.8) is 0 Å². The summed E-state index contributed by atoms with van der Waals surface area (Å²) < 4.78 is 31.1. The summed E-state index contributed by atoms with van der Waals surface area (Å²) >= 11 is 0. The lowest BCUT2D eigenvalue weighted by atomic mass is 10.1. The molecular weight excluding hydrogens is 312 g/mol. The monoisotopic (exact) mass is 334 g/mol. The van der Waals surface area contributed by atoms with Crippen LogP contribution in [0.1, 0.15) is 20.8 Å². The molecule has 0 spiro atoms. The Labute approximate surface area is 134 Å². The fourth-order valence-corrected chi connectivity index (χ4v) is 2.07. The predicted octanol–water partition coefficient (Wildman–Crippen LogP) is -0.199. The predicted molar refractivity (Wildman–Crippen MR) is 74.2 cm³/mol. The van der Waals surface area contributed by atoms with Crippen LogP contribution in [0.25, 0.3) is 0 Å². The number of rotatable bonds is 8. The van der Waals surface area contributed by atoms with E-state index in [0.717, 1.165) is 0 Å². The van der Waals surface area contributed by atoms with E-state index >= 15 is 0 Å². The molecule has 0 aromatic heterocycles. The SMILES string of the molecule is COCCO[C@H]1[C@@H](COC(C)=O)OC(OC(C)=O)[C@@H]1OC(C)=O. The Morgan fingerprint density at radius 3 is 2.09 bits per heavy atom. The average molecular weight is 334 g/mol. The van der Waals surface area contributed by atoms with Gasteiger partial charge < -0.3 is 28.4 Å². The maximum atomic E-state index is 11.3. The average Bonchev–Trinajstić information content (AvgIpc) is 2.73. The summed E-state index contributed by atoms with van der Waals surface area (Å²) in [6.07, 6.45) is -3.61. The Bertz CT molecular complexity index is 422. The Hall–Kier alpha value is -1.71. The molecule has 0 saturated carbocycles. The zero-order valence-corrected chi connectivity index (χ0v) is 13.6. The van der Waals surface area contributed by atoms with Gasteiger partial charge >= 0.3 is 17.9 Å². The summed E-state index contributed by atoms with van der Waals surface area (Å²) in [6.45, 7) is 4.06. The second kappa shape index (κ2) is 9.43. The highest BCUT2D eigenvalue weighted by Crippen LogP contribution is 2.28. The molecule has 1 rings (SSSR count). The van der Waals surface area contributed by atoms with E-state index in [1.54, 1.807) is 0 Å². The van der Waals surface area contributed by atoms with Crippen molar-refractivity contribution in [3.05, 3.63) is 0 Å². The molecule has 0 radical (unpaired) electrons. The Balaban J connectivity index is 2.85. The van der Waals surface area contributed by atoms with Crippen molar-refractivity contribution in [1.82, 2.24) is 0 Å². The lowest BCUT2D eigenvalue weighted by molar-refractivity contribution is -0.197. The van der Waals surface area contributed by atoms with Gasteiger partial charge in [-0.25, -0.2) is 0 Å². The van der Waals surface area contributed by atoms with Gasteiger partial charge in [0.05, 0.1) is 13.2 Å². The number of methoxy groups -OCH3 is 1. The maximum Gasteiger partial charge on any atom is 0.305 e. The van der Waals surface area contributed by atoms with Gasteiger partial charge in [-0.05, 0) is 0 Å². The molecule has 1 heterocycles. The van der Waals surface area contributed by atoms with Crippen LogP contribution in [-0.4, -0.2) is 69.4 Å². The Kier molecular flexibility index (Phi) is 7.93. The molecule has 1 fully saturated rings. The van der Waals surface area contributed by atoms with Crippen LogP contribution in [0, 0.1) is 0 Å². The number of ether oxygens (including phenoxy) is 6. The normalized spacial score (nSPS) is 26.6. The number of hydrogen-bond donors (Lipinski definition) is 0. The number of carbonyl (C=O) groups excluding carboxylic acids is 3. The third-order valence-corrected chi connectivity index (χ3v) is 2.90. The van der Waals surface area contributed by atoms with Crippen LogP contribution in [0.3, 0.4) is 0 Å². The largest absolute Gasteiger partial charge is 0.463 e. The smallest absolute Gasteiger partial charge is 0.305 e. The summed E-state index contributed by atoms with van der Waals surface area (Å²) in [5.41, 5.74) is 0. The number of esters is 3. The van der Waals surface area contributed by atoms with E-state index in [-0.39, 0.29) is 13.2 Å². The maximum absolute atomic E-state index is 11.3. The molecule has 0 amide bonds. The van der Waals surface area contributed by atoms with Crippen LogP contribution in [0.4, 0.5) is 0 Å². The van der Waals surface area contributed by atoms with Gasteiger partial charge in [-0.15, -0.1) is 0 Å². The number of hydrogen-bond acceptors (Lipinski definition) is 9.